The monoisotopic (exact) mass is 247 g/mol. The van der Waals surface area contributed by atoms with E-state index >= 15 is 0 Å². The van der Waals surface area contributed by atoms with Gasteiger partial charge in [-0.15, -0.1) is 0 Å². The first-order chi connectivity index (χ1) is 8.69. The van der Waals surface area contributed by atoms with Crippen molar-refractivity contribution in [2.75, 3.05) is 38.1 Å². The minimum Gasteiger partial charge on any atom is -0.369 e. The zero-order valence-electron chi connectivity index (χ0n) is 11.6. The number of hydrogen-bond donors (Lipinski definition) is 1. The zero-order valence-corrected chi connectivity index (χ0v) is 11.6. The molecule has 1 heterocycles. The van der Waals surface area contributed by atoms with Gasteiger partial charge < -0.3 is 15.5 Å². The highest BCUT2D eigenvalue weighted by Gasteiger charge is 2.13. The molecule has 2 rings (SSSR count). The summed E-state index contributed by atoms with van der Waals surface area (Å²) in [4.78, 5) is 4.84. The number of nitrogens with zero attached hydrogens (tertiary/aromatic N) is 2. The predicted molar refractivity (Wildman–Crippen MR) is 78.1 cm³/mol. The van der Waals surface area contributed by atoms with E-state index in [4.69, 9.17) is 5.73 Å². The fraction of sp³-hybridized carbons (Fsp3) is 0.600. The molecule has 0 bridgehead atoms. The SMILES string of the molecule is CCC(N)Cc1ccc(N2CCN(C)CC2)cc1. The number of nitrogens with two attached hydrogens (primary N) is 1. The van der Waals surface area contributed by atoms with Gasteiger partial charge in [-0.1, -0.05) is 19.1 Å². The van der Waals surface area contributed by atoms with Crippen LogP contribution < -0.4 is 10.6 Å². The smallest absolute Gasteiger partial charge is 0.0367 e. The van der Waals surface area contributed by atoms with E-state index in [2.05, 4.69) is 48.0 Å². The van der Waals surface area contributed by atoms with Crippen LogP contribution in [0.25, 0.3) is 0 Å². The Morgan fingerprint density at radius 3 is 2.28 bits per heavy atom. The van der Waals surface area contributed by atoms with Gasteiger partial charge in [0.2, 0.25) is 0 Å². The average Bonchev–Trinajstić information content (AvgIpc) is 2.40. The van der Waals surface area contributed by atoms with Crippen molar-refractivity contribution in [1.29, 1.82) is 0 Å². The Hall–Kier alpha value is -1.06. The van der Waals surface area contributed by atoms with Crippen LogP contribution in [0.4, 0.5) is 5.69 Å². The third kappa shape index (κ3) is 3.47. The molecule has 0 amide bonds. The van der Waals surface area contributed by atoms with Gasteiger partial charge in [0.15, 0.2) is 0 Å². The van der Waals surface area contributed by atoms with Crippen molar-refractivity contribution in [3.05, 3.63) is 29.8 Å². The second-order valence-corrected chi connectivity index (χ2v) is 5.33. The van der Waals surface area contributed by atoms with Crippen LogP contribution in [-0.4, -0.2) is 44.2 Å². The quantitative estimate of drug-likeness (QED) is 0.879. The van der Waals surface area contributed by atoms with Gasteiger partial charge in [-0.25, -0.2) is 0 Å². The van der Waals surface area contributed by atoms with E-state index in [1.54, 1.807) is 0 Å². The number of benzene rings is 1. The van der Waals surface area contributed by atoms with Gasteiger partial charge in [0.25, 0.3) is 0 Å². The second kappa shape index (κ2) is 6.21. The second-order valence-electron chi connectivity index (χ2n) is 5.33. The lowest BCUT2D eigenvalue weighted by molar-refractivity contribution is 0.313. The molecular formula is C15H25N3. The molecule has 1 aliphatic heterocycles. The largest absolute Gasteiger partial charge is 0.369 e. The lowest BCUT2D eigenvalue weighted by atomic mass is 10.0. The molecule has 18 heavy (non-hydrogen) atoms. The summed E-state index contributed by atoms with van der Waals surface area (Å²) in [6, 6.07) is 9.22. The van der Waals surface area contributed by atoms with Gasteiger partial charge in [-0.2, -0.15) is 0 Å². The van der Waals surface area contributed by atoms with Crippen LogP contribution in [0.3, 0.4) is 0 Å². The molecule has 1 atom stereocenters. The summed E-state index contributed by atoms with van der Waals surface area (Å²) in [6.07, 6.45) is 2.03. The van der Waals surface area contributed by atoms with E-state index in [1.807, 2.05) is 0 Å². The molecular weight excluding hydrogens is 222 g/mol. The molecule has 100 valence electrons. The maximum atomic E-state index is 5.99. The van der Waals surface area contributed by atoms with Crippen LogP contribution in [0.5, 0.6) is 0 Å². The van der Waals surface area contributed by atoms with E-state index < -0.39 is 0 Å². The van der Waals surface area contributed by atoms with Crippen LogP contribution in [0, 0.1) is 0 Å². The molecule has 1 aliphatic rings. The van der Waals surface area contributed by atoms with Gasteiger partial charge >= 0.3 is 0 Å². The number of rotatable bonds is 4. The van der Waals surface area contributed by atoms with Crippen molar-refractivity contribution >= 4 is 5.69 Å². The van der Waals surface area contributed by atoms with Gasteiger partial charge in [-0.3, -0.25) is 0 Å². The molecule has 0 aliphatic carbocycles. The van der Waals surface area contributed by atoms with E-state index in [1.165, 1.54) is 11.3 Å². The van der Waals surface area contributed by atoms with Gasteiger partial charge in [-0.05, 0) is 37.6 Å². The average molecular weight is 247 g/mol. The number of hydrogen-bond acceptors (Lipinski definition) is 3. The van der Waals surface area contributed by atoms with Crippen LogP contribution in [0.2, 0.25) is 0 Å². The summed E-state index contributed by atoms with van der Waals surface area (Å²) in [6.45, 7) is 6.71. The number of piperazine rings is 1. The van der Waals surface area contributed by atoms with Crippen molar-refractivity contribution in [3.8, 4) is 0 Å². The molecule has 3 heteroatoms. The number of anilines is 1. The van der Waals surface area contributed by atoms with Gasteiger partial charge in [0.05, 0.1) is 0 Å². The van der Waals surface area contributed by atoms with Gasteiger partial charge in [0.1, 0.15) is 0 Å². The lowest BCUT2D eigenvalue weighted by Gasteiger charge is -2.34. The van der Waals surface area contributed by atoms with Crippen molar-refractivity contribution in [1.82, 2.24) is 4.90 Å². The summed E-state index contributed by atoms with van der Waals surface area (Å²) in [5.74, 6) is 0. The lowest BCUT2D eigenvalue weighted by Crippen LogP contribution is -2.44. The Morgan fingerprint density at radius 2 is 1.72 bits per heavy atom. The molecule has 3 nitrogen and oxygen atoms in total. The highest BCUT2D eigenvalue weighted by molar-refractivity contribution is 5.48. The normalized spacial score (nSPS) is 18.9. The third-order valence-electron chi connectivity index (χ3n) is 3.83. The predicted octanol–water partition coefficient (Wildman–Crippen LogP) is 1.72. The molecule has 1 aromatic rings. The van der Waals surface area contributed by atoms with Crippen LogP contribution in [0.15, 0.2) is 24.3 Å². The van der Waals surface area contributed by atoms with Crippen molar-refractivity contribution in [2.45, 2.75) is 25.8 Å². The Balaban J connectivity index is 1.95. The molecule has 1 aromatic carbocycles. The standard InChI is InChI=1S/C15H25N3/c1-3-14(16)12-13-4-6-15(7-5-13)18-10-8-17(2)9-11-18/h4-7,14H,3,8-12,16H2,1-2H3. The summed E-state index contributed by atoms with van der Waals surface area (Å²) < 4.78 is 0. The summed E-state index contributed by atoms with van der Waals surface area (Å²) >= 11 is 0. The Bertz CT molecular complexity index is 353. The van der Waals surface area contributed by atoms with Crippen molar-refractivity contribution in [3.63, 3.8) is 0 Å². The summed E-state index contributed by atoms with van der Waals surface area (Å²) in [5.41, 5.74) is 8.68. The summed E-state index contributed by atoms with van der Waals surface area (Å²) in [5, 5.41) is 0. The first kappa shape index (κ1) is 13.4. The minimum atomic E-state index is 0.291. The summed E-state index contributed by atoms with van der Waals surface area (Å²) in [7, 11) is 2.19. The third-order valence-corrected chi connectivity index (χ3v) is 3.83. The topological polar surface area (TPSA) is 32.5 Å². The first-order valence-corrected chi connectivity index (χ1v) is 6.97. The first-order valence-electron chi connectivity index (χ1n) is 6.97. The van der Waals surface area contributed by atoms with E-state index in [-0.39, 0.29) is 0 Å². The van der Waals surface area contributed by atoms with Crippen LogP contribution >= 0.6 is 0 Å². The fourth-order valence-electron chi connectivity index (χ4n) is 2.35. The Kier molecular flexibility index (Phi) is 4.61. The molecule has 2 N–H and O–H groups in total. The number of likely N-dealkylation sites (N-methyl/N-ethyl adjacent to an activating group) is 1. The molecule has 0 spiro atoms. The molecule has 1 unspecified atom stereocenters. The molecule has 0 radical (unpaired) electrons. The van der Waals surface area contributed by atoms with E-state index in [0.29, 0.717) is 6.04 Å². The van der Waals surface area contributed by atoms with E-state index in [0.717, 1.165) is 39.0 Å². The molecule has 0 saturated carbocycles. The fourth-order valence-corrected chi connectivity index (χ4v) is 2.35. The molecule has 0 aromatic heterocycles. The maximum Gasteiger partial charge on any atom is 0.0367 e. The van der Waals surface area contributed by atoms with Gasteiger partial charge in [0, 0.05) is 37.9 Å². The van der Waals surface area contributed by atoms with Crippen molar-refractivity contribution < 1.29 is 0 Å². The Morgan fingerprint density at radius 1 is 1.11 bits per heavy atom. The molecule has 1 saturated heterocycles. The highest BCUT2D eigenvalue weighted by Crippen LogP contribution is 2.17. The van der Waals surface area contributed by atoms with Crippen LogP contribution in [-0.2, 0) is 6.42 Å². The van der Waals surface area contributed by atoms with Crippen molar-refractivity contribution in [2.24, 2.45) is 5.73 Å². The Labute approximate surface area is 111 Å². The van der Waals surface area contributed by atoms with E-state index in [9.17, 15) is 0 Å². The zero-order chi connectivity index (χ0) is 13.0. The molecule has 1 fully saturated rings. The highest BCUT2D eigenvalue weighted by atomic mass is 15.2. The maximum absolute atomic E-state index is 5.99. The van der Waals surface area contributed by atoms with Crippen LogP contribution in [0.1, 0.15) is 18.9 Å². The minimum absolute atomic E-state index is 0.291.